The van der Waals surface area contributed by atoms with Gasteiger partial charge < -0.3 is 10.2 Å². The molecule has 3 atom stereocenters. The van der Waals surface area contributed by atoms with Crippen LogP contribution in [0, 0.1) is 5.92 Å². The molecule has 100 valence electrons. The minimum absolute atomic E-state index is 0.00764. The molecule has 1 saturated heterocycles. The molecule has 0 amide bonds. The first-order chi connectivity index (χ1) is 9.29. The second-order valence-electron chi connectivity index (χ2n) is 6.08. The van der Waals surface area contributed by atoms with Crippen molar-refractivity contribution in [2.45, 2.75) is 31.3 Å². The molecule has 4 rings (SSSR count). The number of hydrogen-bond donors (Lipinski definition) is 1. The van der Waals surface area contributed by atoms with Crippen LogP contribution in [0.3, 0.4) is 0 Å². The van der Waals surface area contributed by atoms with Crippen LogP contribution in [0.25, 0.3) is 11.0 Å². The van der Waals surface area contributed by atoms with Gasteiger partial charge in [0.15, 0.2) is 0 Å². The number of furan rings is 1. The van der Waals surface area contributed by atoms with Crippen LogP contribution >= 0.6 is 0 Å². The molecular weight excluding hydrogens is 236 g/mol. The summed E-state index contributed by atoms with van der Waals surface area (Å²) < 4.78 is 5.87. The van der Waals surface area contributed by atoms with Gasteiger partial charge in [-0.05, 0) is 37.3 Å². The maximum atomic E-state index is 6.34. The van der Waals surface area contributed by atoms with Gasteiger partial charge in [0.2, 0.25) is 0 Å². The van der Waals surface area contributed by atoms with E-state index >= 15 is 0 Å². The highest BCUT2D eigenvalue weighted by Crippen LogP contribution is 2.38. The van der Waals surface area contributed by atoms with Gasteiger partial charge in [-0.25, -0.2) is 0 Å². The number of para-hydroxylation sites is 1. The van der Waals surface area contributed by atoms with E-state index < -0.39 is 0 Å². The van der Waals surface area contributed by atoms with Gasteiger partial charge in [0.25, 0.3) is 0 Å². The maximum Gasteiger partial charge on any atom is 0.134 e. The van der Waals surface area contributed by atoms with Crippen molar-refractivity contribution in [3.8, 4) is 0 Å². The fourth-order valence-electron chi connectivity index (χ4n) is 3.78. The van der Waals surface area contributed by atoms with E-state index in [2.05, 4.69) is 17.0 Å². The Morgan fingerprint density at radius 2 is 2.21 bits per heavy atom. The summed E-state index contributed by atoms with van der Waals surface area (Å²) in [5, 5.41) is 1.15. The molecule has 1 saturated carbocycles. The lowest BCUT2D eigenvalue weighted by molar-refractivity contribution is 0.196. The second-order valence-corrected chi connectivity index (χ2v) is 6.08. The molecule has 2 N–H and O–H groups in total. The molecule has 0 radical (unpaired) electrons. The predicted octanol–water partition coefficient (Wildman–Crippen LogP) is 2.92. The van der Waals surface area contributed by atoms with Gasteiger partial charge in [-0.3, -0.25) is 4.90 Å². The van der Waals surface area contributed by atoms with Crippen molar-refractivity contribution in [1.82, 2.24) is 4.90 Å². The summed E-state index contributed by atoms with van der Waals surface area (Å²) in [4.78, 5) is 2.56. The van der Waals surface area contributed by atoms with Crippen LogP contribution in [-0.2, 0) is 0 Å². The van der Waals surface area contributed by atoms with E-state index in [9.17, 15) is 0 Å². The molecule has 2 aliphatic rings. The first-order valence-corrected chi connectivity index (χ1v) is 7.28. The van der Waals surface area contributed by atoms with E-state index in [4.69, 9.17) is 10.2 Å². The van der Waals surface area contributed by atoms with E-state index in [1.54, 1.807) is 0 Å². The molecule has 3 heteroatoms. The van der Waals surface area contributed by atoms with Crippen LogP contribution in [0.2, 0.25) is 0 Å². The monoisotopic (exact) mass is 256 g/mol. The molecule has 2 fully saturated rings. The highest BCUT2D eigenvalue weighted by Gasteiger charge is 2.38. The molecule has 1 aromatic carbocycles. The zero-order valence-corrected chi connectivity index (χ0v) is 11.1. The largest absolute Gasteiger partial charge is 0.459 e. The third kappa shape index (κ3) is 1.97. The number of fused-ring (bicyclic) bond motifs is 3. The fourth-order valence-corrected chi connectivity index (χ4v) is 3.78. The second kappa shape index (κ2) is 4.36. The lowest BCUT2D eigenvalue weighted by Crippen LogP contribution is -2.37. The highest BCUT2D eigenvalue weighted by molar-refractivity contribution is 5.77. The maximum absolute atomic E-state index is 6.34. The lowest BCUT2D eigenvalue weighted by atomic mass is 10.1. The van der Waals surface area contributed by atoms with Crippen LogP contribution < -0.4 is 5.73 Å². The first kappa shape index (κ1) is 11.5. The SMILES string of the molecule is NC(CN1CC2CCC1C2)c1cc2ccccc2o1. The van der Waals surface area contributed by atoms with Crippen LogP contribution in [0.1, 0.15) is 31.1 Å². The fraction of sp³-hybridized carbons (Fsp3) is 0.500. The Bertz CT molecular complexity index is 558. The van der Waals surface area contributed by atoms with Crippen molar-refractivity contribution < 1.29 is 4.42 Å². The molecule has 19 heavy (non-hydrogen) atoms. The average molecular weight is 256 g/mol. The summed E-state index contributed by atoms with van der Waals surface area (Å²) in [6, 6.07) is 11.0. The number of benzene rings is 1. The van der Waals surface area contributed by atoms with Gasteiger partial charge in [0.05, 0.1) is 6.04 Å². The van der Waals surface area contributed by atoms with Gasteiger partial charge in [-0.2, -0.15) is 0 Å². The third-order valence-electron chi connectivity index (χ3n) is 4.76. The predicted molar refractivity (Wildman–Crippen MR) is 75.8 cm³/mol. The van der Waals surface area contributed by atoms with Crippen LogP contribution in [0.5, 0.6) is 0 Å². The van der Waals surface area contributed by atoms with Crippen LogP contribution in [0.4, 0.5) is 0 Å². The van der Waals surface area contributed by atoms with E-state index in [0.29, 0.717) is 0 Å². The standard InChI is InChI=1S/C16H20N2O/c17-14(10-18-9-11-5-6-13(18)7-11)16-8-12-3-1-2-4-15(12)19-16/h1-4,8,11,13-14H,5-7,9-10,17H2. The summed E-state index contributed by atoms with van der Waals surface area (Å²) in [5.41, 5.74) is 7.28. The van der Waals surface area contributed by atoms with Crippen LogP contribution in [-0.4, -0.2) is 24.0 Å². The van der Waals surface area contributed by atoms with Gasteiger partial charge in [0, 0.05) is 24.5 Å². The molecule has 1 aromatic heterocycles. The zero-order valence-electron chi connectivity index (χ0n) is 11.1. The van der Waals surface area contributed by atoms with Gasteiger partial charge in [-0.1, -0.05) is 18.2 Å². The van der Waals surface area contributed by atoms with Crippen molar-refractivity contribution in [1.29, 1.82) is 0 Å². The highest BCUT2D eigenvalue weighted by atomic mass is 16.3. The van der Waals surface area contributed by atoms with Gasteiger partial charge in [-0.15, -0.1) is 0 Å². The number of likely N-dealkylation sites (tertiary alicyclic amines) is 1. The summed E-state index contributed by atoms with van der Waals surface area (Å²) in [6.45, 7) is 2.17. The number of nitrogens with zero attached hydrogens (tertiary/aromatic N) is 1. The van der Waals surface area contributed by atoms with Crippen molar-refractivity contribution in [2.24, 2.45) is 11.7 Å². The summed E-state index contributed by atoms with van der Waals surface area (Å²) >= 11 is 0. The zero-order chi connectivity index (χ0) is 12.8. The molecule has 3 unspecified atom stereocenters. The van der Waals surface area contributed by atoms with Crippen molar-refractivity contribution >= 4 is 11.0 Å². The Balaban J connectivity index is 1.52. The Hall–Kier alpha value is -1.32. The van der Waals surface area contributed by atoms with Crippen molar-refractivity contribution in [3.05, 3.63) is 36.1 Å². The molecule has 1 aliphatic carbocycles. The van der Waals surface area contributed by atoms with E-state index in [1.807, 2.05) is 18.2 Å². The minimum atomic E-state index is -0.00764. The Morgan fingerprint density at radius 1 is 1.32 bits per heavy atom. The Kier molecular flexibility index (Phi) is 2.64. The number of piperidine rings is 1. The summed E-state index contributed by atoms with van der Waals surface area (Å²) in [7, 11) is 0. The smallest absolute Gasteiger partial charge is 0.134 e. The minimum Gasteiger partial charge on any atom is -0.459 e. The summed E-state index contributed by atoms with van der Waals surface area (Å²) in [5.74, 6) is 1.84. The molecule has 1 aliphatic heterocycles. The number of nitrogens with two attached hydrogens (primary N) is 1. The molecule has 2 aromatic rings. The first-order valence-electron chi connectivity index (χ1n) is 7.28. The molecule has 2 heterocycles. The van der Waals surface area contributed by atoms with Crippen LogP contribution in [0.15, 0.2) is 34.7 Å². The molecule has 0 spiro atoms. The van der Waals surface area contributed by atoms with E-state index in [-0.39, 0.29) is 6.04 Å². The Morgan fingerprint density at radius 3 is 2.95 bits per heavy atom. The number of rotatable bonds is 3. The Labute approximate surface area is 113 Å². The normalized spacial score (nSPS) is 28.3. The molecule has 3 nitrogen and oxygen atoms in total. The number of hydrogen-bond acceptors (Lipinski definition) is 3. The lowest BCUT2D eigenvalue weighted by Gasteiger charge is -2.28. The van der Waals surface area contributed by atoms with E-state index in [0.717, 1.165) is 35.2 Å². The van der Waals surface area contributed by atoms with Gasteiger partial charge in [0.1, 0.15) is 11.3 Å². The van der Waals surface area contributed by atoms with Crippen molar-refractivity contribution in [2.75, 3.05) is 13.1 Å². The average Bonchev–Trinajstić information content (AvgIpc) is 3.12. The topological polar surface area (TPSA) is 42.4 Å². The third-order valence-corrected chi connectivity index (χ3v) is 4.76. The van der Waals surface area contributed by atoms with E-state index in [1.165, 1.54) is 25.8 Å². The van der Waals surface area contributed by atoms with Crippen molar-refractivity contribution in [3.63, 3.8) is 0 Å². The molecular formula is C16H20N2O. The summed E-state index contributed by atoms with van der Waals surface area (Å²) in [6.07, 6.45) is 4.16. The van der Waals surface area contributed by atoms with Gasteiger partial charge >= 0.3 is 0 Å². The molecule has 2 bridgehead atoms. The quantitative estimate of drug-likeness (QED) is 0.918.